The Morgan fingerprint density at radius 3 is 2.25 bits per heavy atom. The molecular weight excluding hydrogens is 436 g/mol. The smallest absolute Gasteiger partial charge is 0.214 e. The van der Waals surface area contributed by atoms with Gasteiger partial charge in [-0.15, -0.1) is 0 Å². The summed E-state index contributed by atoms with van der Waals surface area (Å²) in [4.78, 5) is 11.5. The molecule has 1 N–H and O–H groups in total. The van der Waals surface area contributed by atoms with Crippen LogP contribution in [0.3, 0.4) is 0 Å². The van der Waals surface area contributed by atoms with Crippen LogP contribution >= 0.6 is 0 Å². The van der Waals surface area contributed by atoms with Crippen molar-refractivity contribution >= 4 is 21.3 Å². The summed E-state index contributed by atoms with van der Waals surface area (Å²) >= 11 is 0. The number of methoxy groups -OCH3 is 1. The molecule has 0 saturated heterocycles. The molecule has 0 bridgehead atoms. The fourth-order valence-electron chi connectivity index (χ4n) is 2.94. The van der Waals surface area contributed by atoms with Crippen LogP contribution in [0.5, 0.6) is 5.75 Å². The van der Waals surface area contributed by atoms with Crippen LogP contribution in [0.2, 0.25) is 0 Å². The van der Waals surface area contributed by atoms with Crippen LogP contribution in [0, 0.1) is 11.6 Å². The summed E-state index contributed by atoms with van der Waals surface area (Å²) in [7, 11) is -3.19. The Morgan fingerprint density at radius 1 is 1.00 bits per heavy atom. The normalized spacial score (nSPS) is 11.8. The third-order valence-electron chi connectivity index (χ3n) is 4.78. The molecule has 0 aliphatic rings. The Labute approximate surface area is 185 Å². The molecule has 3 rings (SSSR count). The van der Waals surface area contributed by atoms with Crippen molar-refractivity contribution < 1.29 is 26.7 Å². The number of hydrogen-bond donors (Lipinski definition) is 1. The highest BCUT2D eigenvalue weighted by Gasteiger charge is 2.31. The van der Waals surface area contributed by atoms with Crippen molar-refractivity contribution in [3.05, 3.63) is 101 Å². The molecule has 0 fully saturated rings. The second-order valence-electron chi connectivity index (χ2n) is 6.84. The van der Waals surface area contributed by atoms with Crippen LogP contribution in [-0.2, 0) is 16.3 Å². The zero-order chi connectivity index (χ0) is 23.3. The molecule has 0 aliphatic carbocycles. The van der Waals surface area contributed by atoms with E-state index in [-0.39, 0.29) is 5.56 Å². The van der Waals surface area contributed by atoms with E-state index in [1.165, 1.54) is 19.2 Å². The zero-order valence-electron chi connectivity index (χ0n) is 17.4. The van der Waals surface area contributed by atoms with Crippen LogP contribution in [-0.4, -0.2) is 21.3 Å². The molecule has 0 aromatic heterocycles. The van der Waals surface area contributed by atoms with E-state index < -0.39 is 37.1 Å². The number of carbonyl (C=O) groups is 1. The highest BCUT2D eigenvalue weighted by molar-refractivity contribution is 7.96. The van der Waals surface area contributed by atoms with E-state index in [1.54, 1.807) is 36.4 Å². The van der Waals surface area contributed by atoms with Crippen molar-refractivity contribution in [2.24, 2.45) is 0 Å². The third kappa shape index (κ3) is 5.03. The number of Topliss-reactive ketones (excluding diaryl/α,β-unsaturated/α-hetero) is 1. The molecule has 0 atom stereocenters. The molecule has 166 valence electrons. The zero-order valence-corrected chi connectivity index (χ0v) is 18.2. The van der Waals surface area contributed by atoms with Gasteiger partial charge in [0.25, 0.3) is 0 Å². The maximum Gasteiger partial charge on any atom is 0.214 e. The first-order valence-corrected chi connectivity index (χ1v) is 11.2. The van der Waals surface area contributed by atoms with Crippen LogP contribution in [0.25, 0.3) is 0 Å². The summed E-state index contributed by atoms with van der Waals surface area (Å²) in [6.45, 7) is 1.94. The first-order chi connectivity index (χ1) is 15.3. The van der Waals surface area contributed by atoms with Gasteiger partial charge < -0.3 is 10.1 Å². The number of sulfone groups is 1. The van der Waals surface area contributed by atoms with Crippen LogP contribution in [0.4, 0.5) is 14.5 Å². The first kappa shape index (κ1) is 23.1. The number of aryl methyl sites for hydroxylation is 1. The van der Waals surface area contributed by atoms with Gasteiger partial charge in [-0.1, -0.05) is 31.2 Å². The summed E-state index contributed by atoms with van der Waals surface area (Å²) in [5.41, 5.74) is 1.53. The van der Waals surface area contributed by atoms with E-state index in [2.05, 4.69) is 5.32 Å². The van der Waals surface area contributed by atoms with Gasteiger partial charge in [0.15, 0.2) is 0 Å². The van der Waals surface area contributed by atoms with Gasteiger partial charge in [0.1, 0.15) is 27.2 Å². The van der Waals surface area contributed by atoms with Crippen molar-refractivity contribution in [2.75, 3.05) is 12.4 Å². The maximum absolute atomic E-state index is 14.3. The minimum atomic E-state index is -4.69. The minimum absolute atomic E-state index is 0.102. The molecule has 0 heterocycles. The number of ketones is 1. The molecule has 0 aliphatic heterocycles. The summed E-state index contributed by atoms with van der Waals surface area (Å²) in [5.74, 6) is -2.36. The summed E-state index contributed by atoms with van der Waals surface area (Å²) in [6.07, 6.45) is 1.72. The van der Waals surface area contributed by atoms with Gasteiger partial charge in [-0.05, 0) is 54.4 Å². The molecule has 32 heavy (non-hydrogen) atoms. The molecule has 0 saturated carbocycles. The quantitative estimate of drug-likeness (QED) is 0.374. The summed E-state index contributed by atoms with van der Waals surface area (Å²) < 4.78 is 59.5. The van der Waals surface area contributed by atoms with E-state index in [0.717, 1.165) is 24.3 Å². The van der Waals surface area contributed by atoms with Crippen molar-refractivity contribution in [3.8, 4) is 5.75 Å². The Bertz CT molecular complexity index is 1250. The lowest BCUT2D eigenvalue weighted by Gasteiger charge is -2.11. The number of ether oxygens (including phenoxy) is 1. The van der Waals surface area contributed by atoms with E-state index in [4.69, 9.17) is 4.74 Å². The average Bonchev–Trinajstić information content (AvgIpc) is 2.80. The van der Waals surface area contributed by atoms with Gasteiger partial charge in [-0.2, -0.15) is 0 Å². The van der Waals surface area contributed by atoms with E-state index in [9.17, 15) is 22.0 Å². The summed E-state index contributed by atoms with van der Waals surface area (Å²) in [5, 5.41) is 2.75. The van der Waals surface area contributed by atoms with Crippen molar-refractivity contribution in [1.29, 1.82) is 0 Å². The highest BCUT2D eigenvalue weighted by atomic mass is 32.2. The standard InChI is InChI=1S/C24H21F2NO4S/c1-3-16-4-6-17(7-5-16)24(28)23(15-27-19-9-11-20(31-2)12-10-19)32(29,30)22-14-18(25)8-13-21(22)26/h4-15,27H,3H2,1-2H3/b23-15+. The maximum atomic E-state index is 14.3. The number of halogens is 2. The fourth-order valence-corrected chi connectivity index (χ4v) is 4.34. The van der Waals surface area contributed by atoms with Gasteiger partial charge in [-0.25, -0.2) is 17.2 Å². The van der Waals surface area contributed by atoms with Gasteiger partial charge >= 0.3 is 0 Å². The summed E-state index contributed by atoms with van der Waals surface area (Å²) in [6, 6.07) is 15.0. The lowest BCUT2D eigenvalue weighted by Crippen LogP contribution is -2.17. The van der Waals surface area contributed by atoms with E-state index in [1.807, 2.05) is 6.92 Å². The van der Waals surface area contributed by atoms with Crippen molar-refractivity contribution in [1.82, 2.24) is 0 Å². The number of allylic oxidation sites excluding steroid dienone is 1. The first-order valence-electron chi connectivity index (χ1n) is 9.70. The Hall–Kier alpha value is -3.52. The van der Waals surface area contributed by atoms with Crippen LogP contribution in [0.15, 0.2) is 82.7 Å². The van der Waals surface area contributed by atoms with E-state index in [0.29, 0.717) is 23.6 Å². The topological polar surface area (TPSA) is 72.5 Å². The lowest BCUT2D eigenvalue weighted by atomic mass is 10.1. The number of anilines is 1. The third-order valence-corrected chi connectivity index (χ3v) is 6.55. The van der Waals surface area contributed by atoms with E-state index >= 15 is 0 Å². The van der Waals surface area contributed by atoms with Crippen LogP contribution < -0.4 is 10.1 Å². The largest absolute Gasteiger partial charge is 0.497 e. The second kappa shape index (κ2) is 9.74. The predicted molar refractivity (Wildman–Crippen MR) is 118 cm³/mol. The SMILES string of the molecule is CCc1ccc(C(=O)/C(=C\Nc2ccc(OC)cc2)S(=O)(=O)c2cc(F)ccc2F)cc1. The molecule has 3 aromatic rings. The predicted octanol–water partition coefficient (Wildman–Crippen LogP) is 5.15. The van der Waals surface area contributed by atoms with Crippen LogP contribution in [0.1, 0.15) is 22.8 Å². The van der Waals surface area contributed by atoms with Gasteiger partial charge in [0.2, 0.25) is 15.6 Å². The molecule has 3 aromatic carbocycles. The number of benzene rings is 3. The Balaban J connectivity index is 2.08. The van der Waals surface area contributed by atoms with Crippen molar-refractivity contribution in [3.63, 3.8) is 0 Å². The van der Waals surface area contributed by atoms with Gasteiger partial charge in [0.05, 0.1) is 7.11 Å². The van der Waals surface area contributed by atoms with Crippen molar-refractivity contribution in [2.45, 2.75) is 18.2 Å². The number of nitrogens with one attached hydrogen (secondary N) is 1. The molecule has 0 radical (unpaired) electrons. The lowest BCUT2D eigenvalue weighted by molar-refractivity contribution is 0.104. The van der Waals surface area contributed by atoms with Gasteiger partial charge in [0, 0.05) is 17.5 Å². The number of rotatable bonds is 8. The monoisotopic (exact) mass is 457 g/mol. The van der Waals surface area contributed by atoms with Gasteiger partial charge in [-0.3, -0.25) is 4.79 Å². The second-order valence-corrected chi connectivity index (χ2v) is 8.73. The molecule has 8 heteroatoms. The highest BCUT2D eigenvalue weighted by Crippen LogP contribution is 2.27. The Kier molecular flexibility index (Phi) is 7.05. The molecule has 0 amide bonds. The molecule has 5 nitrogen and oxygen atoms in total. The molecular formula is C24H21F2NO4S. The number of hydrogen-bond acceptors (Lipinski definition) is 5. The Morgan fingerprint density at radius 2 is 1.66 bits per heavy atom. The molecule has 0 unspecified atom stereocenters. The molecule has 0 spiro atoms. The average molecular weight is 457 g/mol. The minimum Gasteiger partial charge on any atom is -0.497 e. The fraction of sp³-hybridized carbons (Fsp3) is 0.125. The number of carbonyl (C=O) groups excluding carboxylic acids is 1.